The van der Waals surface area contributed by atoms with Gasteiger partial charge in [-0.3, -0.25) is 4.79 Å². The zero-order chi connectivity index (χ0) is 16.4. The second-order valence-electron chi connectivity index (χ2n) is 5.64. The van der Waals surface area contributed by atoms with Crippen molar-refractivity contribution >= 4 is 29.9 Å². The zero-order valence-electron chi connectivity index (χ0n) is 13.1. The SMILES string of the molecule is Cc1onc(-c2ccccc2Cl)c1C(=O)NCC1CNCC1O.Cl. The fourth-order valence-electron chi connectivity index (χ4n) is 2.72. The summed E-state index contributed by atoms with van der Waals surface area (Å²) in [5.41, 5.74) is 1.45. The van der Waals surface area contributed by atoms with E-state index in [1.54, 1.807) is 19.1 Å². The molecular formula is C16H19Cl2N3O3. The molecule has 1 aromatic carbocycles. The van der Waals surface area contributed by atoms with Gasteiger partial charge in [0, 0.05) is 31.1 Å². The third kappa shape index (κ3) is 3.72. The number of aromatic nitrogens is 1. The maximum atomic E-state index is 12.5. The molecule has 0 radical (unpaired) electrons. The van der Waals surface area contributed by atoms with E-state index in [0.29, 0.717) is 47.2 Å². The van der Waals surface area contributed by atoms with Crippen LogP contribution in [-0.2, 0) is 0 Å². The molecule has 2 atom stereocenters. The summed E-state index contributed by atoms with van der Waals surface area (Å²) in [6.07, 6.45) is -0.443. The number of halogens is 2. The van der Waals surface area contributed by atoms with Crippen molar-refractivity contribution in [2.45, 2.75) is 13.0 Å². The third-order valence-electron chi connectivity index (χ3n) is 4.05. The average molecular weight is 372 g/mol. The van der Waals surface area contributed by atoms with Crippen molar-refractivity contribution in [1.82, 2.24) is 15.8 Å². The van der Waals surface area contributed by atoms with Gasteiger partial charge in [-0.1, -0.05) is 35.0 Å². The molecule has 1 fully saturated rings. The lowest BCUT2D eigenvalue weighted by molar-refractivity contribution is 0.0926. The summed E-state index contributed by atoms with van der Waals surface area (Å²) in [6.45, 7) is 3.31. The number of β-amino-alcohol motifs (C(OH)–C–C–N with tert-alkyl or cyclic N) is 1. The van der Waals surface area contributed by atoms with E-state index in [4.69, 9.17) is 16.1 Å². The fourth-order valence-corrected chi connectivity index (χ4v) is 2.94. The van der Waals surface area contributed by atoms with E-state index >= 15 is 0 Å². The molecule has 1 amide bonds. The molecule has 1 aromatic heterocycles. The summed E-state index contributed by atoms with van der Waals surface area (Å²) in [4.78, 5) is 12.5. The molecule has 3 rings (SSSR count). The predicted molar refractivity (Wildman–Crippen MR) is 93.6 cm³/mol. The zero-order valence-corrected chi connectivity index (χ0v) is 14.7. The molecule has 130 valence electrons. The van der Waals surface area contributed by atoms with Gasteiger partial charge in [0.2, 0.25) is 0 Å². The highest BCUT2D eigenvalue weighted by Gasteiger charge is 2.27. The van der Waals surface area contributed by atoms with Crippen molar-refractivity contribution in [3.05, 3.63) is 40.6 Å². The second kappa shape index (κ2) is 7.98. The number of aliphatic hydroxyl groups excluding tert-OH is 1. The standard InChI is InChI=1S/C16H18ClN3O3.ClH/c1-9-14(16(22)19-7-10-6-18-8-13(10)21)15(20-23-9)11-4-2-3-5-12(11)17;/h2-5,10,13,18,21H,6-8H2,1H3,(H,19,22);1H. The van der Waals surface area contributed by atoms with Crippen molar-refractivity contribution in [3.8, 4) is 11.3 Å². The van der Waals surface area contributed by atoms with Crippen molar-refractivity contribution in [1.29, 1.82) is 0 Å². The Balaban J connectivity index is 0.00000208. The van der Waals surface area contributed by atoms with Gasteiger partial charge in [-0.25, -0.2) is 0 Å². The number of carbonyl (C=O) groups excluding carboxylic acids is 1. The quantitative estimate of drug-likeness (QED) is 0.765. The van der Waals surface area contributed by atoms with Crippen LogP contribution < -0.4 is 10.6 Å². The van der Waals surface area contributed by atoms with Gasteiger partial charge in [0.1, 0.15) is 17.0 Å². The number of aryl methyl sites for hydroxylation is 1. The predicted octanol–water partition coefficient (Wildman–Crippen LogP) is 2.04. The maximum Gasteiger partial charge on any atom is 0.257 e. The normalized spacial score (nSPS) is 19.8. The van der Waals surface area contributed by atoms with Gasteiger partial charge in [-0.2, -0.15) is 0 Å². The van der Waals surface area contributed by atoms with Crippen LogP contribution >= 0.6 is 24.0 Å². The highest BCUT2D eigenvalue weighted by Crippen LogP contribution is 2.30. The minimum absolute atomic E-state index is 0. The van der Waals surface area contributed by atoms with E-state index in [1.807, 2.05) is 12.1 Å². The van der Waals surface area contributed by atoms with Gasteiger partial charge in [-0.15, -0.1) is 12.4 Å². The van der Waals surface area contributed by atoms with E-state index in [2.05, 4.69) is 15.8 Å². The molecule has 2 heterocycles. The summed E-state index contributed by atoms with van der Waals surface area (Å²) in [6, 6.07) is 7.17. The van der Waals surface area contributed by atoms with E-state index in [9.17, 15) is 9.90 Å². The number of hydrogen-bond acceptors (Lipinski definition) is 5. The summed E-state index contributed by atoms with van der Waals surface area (Å²) < 4.78 is 5.19. The number of nitrogens with zero attached hydrogens (tertiary/aromatic N) is 1. The Labute approximate surface area is 151 Å². The van der Waals surface area contributed by atoms with E-state index < -0.39 is 6.10 Å². The molecule has 1 aliphatic heterocycles. The minimum atomic E-state index is -0.443. The van der Waals surface area contributed by atoms with Crippen LogP contribution in [0.4, 0.5) is 0 Å². The molecule has 6 nitrogen and oxygen atoms in total. The molecule has 1 saturated heterocycles. The molecular weight excluding hydrogens is 353 g/mol. The number of amides is 1. The van der Waals surface area contributed by atoms with E-state index in [-0.39, 0.29) is 24.2 Å². The van der Waals surface area contributed by atoms with Crippen LogP contribution in [0.2, 0.25) is 5.02 Å². The highest BCUT2D eigenvalue weighted by atomic mass is 35.5. The number of rotatable bonds is 4. The van der Waals surface area contributed by atoms with Crippen molar-refractivity contribution in [2.24, 2.45) is 5.92 Å². The first kappa shape index (κ1) is 18.7. The molecule has 3 N–H and O–H groups in total. The lowest BCUT2D eigenvalue weighted by Crippen LogP contribution is -2.34. The largest absolute Gasteiger partial charge is 0.391 e. The second-order valence-corrected chi connectivity index (χ2v) is 6.05. The Morgan fingerprint density at radius 3 is 2.88 bits per heavy atom. The van der Waals surface area contributed by atoms with Gasteiger partial charge < -0.3 is 20.3 Å². The highest BCUT2D eigenvalue weighted by molar-refractivity contribution is 6.33. The lowest BCUT2D eigenvalue weighted by Gasteiger charge is -2.14. The molecule has 0 spiro atoms. The fraction of sp³-hybridized carbons (Fsp3) is 0.375. The molecule has 0 aliphatic carbocycles. The Bertz CT molecular complexity index is 720. The molecule has 24 heavy (non-hydrogen) atoms. The van der Waals surface area contributed by atoms with E-state index in [1.165, 1.54) is 0 Å². The van der Waals surface area contributed by atoms with Gasteiger partial charge in [-0.05, 0) is 13.0 Å². The number of nitrogens with one attached hydrogen (secondary N) is 2. The monoisotopic (exact) mass is 371 g/mol. The summed E-state index contributed by atoms with van der Waals surface area (Å²) in [5, 5.41) is 20.2. The van der Waals surface area contributed by atoms with Gasteiger partial charge in [0.05, 0.1) is 11.1 Å². The maximum absolute atomic E-state index is 12.5. The number of aliphatic hydroxyl groups is 1. The molecule has 1 aliphatic rings. The third-order valence-corrected chi connectivity index (χ3v) is 4.38. The number of carbonyl (C=O) groups is 1. The number of hydrogen-bond donors (Lipinski definition) is 3. The Kier molecular flexibility index (Phi) is 6.23. The molecule has 0 bridgehead atoms. The Morgan fingerprint density at radius 1 is 1.46 bits per heavy atom. The van der Waals surface area contributed by atoms with Crippen LogP contribution in [0, 0.1) is 12.8 Å². The minimum Gasteiger partial charge on any atom is -0.391 e. The molecule has 0 saturated carbocycles. The van der Waals surface area contributed by atoms with Gasteiger partial charge >= 0.3 is 0 Å². The van der Waals surface area contributed by atoms with Crippen molar-refractivity contribution in [3.63, 3.8) is 0 Å². The average Bonchev–Trinajstić information content (AvgIpc) is 3.11. The summed E-state index contributed by atoms with van der Waals surface area (Å²) in [5.74, 6) is 0.156. The molecule has 2 unspecified atom stereocenters. The first-order valence-corrected chi connectivity index (χ1v) is 7.84. The first-order chi connectivity index (χ1) is 11.1. The lowest BCUT2D eigenvalue weighted by atomic mass is 10.0. The van der Waals surface area contributed by atoms with Crippen LogP contribution in [0.3, 0.4) is 0 Å². The van der Waals surface area contributed by atoms with Crippen molar-refractivity contribution in [2.75, 3.05) is 19.6 Å². The number of benzene rings is 1. The van der Waals surface area contributed by atoms with Crippen LogP contribution in [0.1, 0.15) is 16.1 Å². The Hall–Kier alpha value is -1.60. The Morgan fingerprint density at radius 2 is 2.21 bits per heavy atom. The van der Waals surface area contributed by atoms with Crippen molar-refractivity contribution < 1.29 is 14.4 Å². The molecule has 8 heteroatoms. The van der Waals surface area contributed by atoms with Gasteiger partial charge in [0.15, 0.2) is 0 Å². The summed E-state index contributed by atoms with van der Waals surface area (Å²) in [7, 11) is 0. The smallest absolute Gasteiger partial charge is 0.257 e. The van der Waals surface area contributed by atoms with E-state index in [0.717, 1.165) is 0 Å². The van der Waals surface area contributed by atoms with Crippen LogP contribution in [0.5, 0.6) is 0 Å². The topological polar surface area (TPSA) is 87.4 Å². The van der Waals surface area contributed by atoms with Crippen LogP contribution in [0.25, 0.3) is 11.3 Å². The van der Waals surface area contributed by atoms with Crippen LogP contribution in [-0.4, -0.2) is 41.9 Å². The van der Waals surface area contributed by atoms with Crippen LogP contribution in [0.15, 0.2) is 28.8 Å². The molecule has 2 aromatic rings. The summed E-state index contributed by atoms with van der Waals surface area (Å²) >= 11 is 6.19. The first-order valence-electron chi connectivity index (χ1n) is 7.46. The van der Waals surface area contributed by atoms with Gasteiger partial charge in [0.25, 0.3) is 5.91 Å².